The Morgan fingerprint density at radius 1 is 1.18 bits per heavy atom. The zero-order valence-corrected chi connectivity index (χ0v) is 13.4. The van der Waals surface area contributed by atoms with Crippen molar-refractivity contribution in [3.05, 3.63) is 59.1 Å². The number of thioether (sulfide) groups is 1. The number of ether oxygens (including phenoxy) is 1. The molecule has 0 heterocycles. The third-order valence-electron chi connectivity index (χ3n) is 2.78. The molecule has 0 spiro atoms. The number of anilines is 1. The van der Waals surface area contributed by atoms with Gasteiger partial charge in [0.1, 0.15) is 0 Å². The lowest BCUT2D eigenvalue weighted by molar-refractivity contribution is -0.119. The number of benzene rings is 2. The fraction of sp³-hybridized carbons (Fsp3) is 0.125. The molecule has 2 aromatic rings. The number of rotatable bonds is 5. The number of hydrogen-bond donors (Lipinski definition) is 1. The molecule has 0 unspecified atom stereocenters. The van der Waals surface area contributed by atoms with Crippen LogP contribution in [0.15, 0.2) is 53.4 Å². The van der Waals surface area contributed by atoms with Crippen molar-refractivity contribution in [1.82, 2.24) is 0 Å². The summed E-state index contributed by atoms with van der Waals surface area (Å²) in [6, 6.07) is 13.8. The van der Waals surface area contributed by atoms with Crippen molar-refractivity contribution < 1.29 is 14.3 Å². The lowest BCUT2D eigenvalue weighted by Gasteiger charge is -2.09. The van der Waals surface area contributed by atoms with E-state index in [1.807, 2.05) is 24.5 Å². The molecule has 0 fully saturated rings. The molecular formula is C16H14ClNO3S. The maximum absolute atomic E-state index is 11.9. The zero-order chi connectivity index (χ0) is 15.9. The third-order valence-corrected chi connectivity index (χ3v) is 3.81. The molecule has 0 aliphatic rings. The average Bonchev–Trinajstić information content (AvgIpc) is 2.53. The van der Waals surface area contributed by atoms with Crippen molar-refractivity contribution in [2.45, 2.75) is 4.90 Å². The van der Waals surface area contributed by atoms with Crippen LogP contribution < -0.4 is 5.32 Å². The molecule has 2 aromatic carbocycles. The first kappa shape index (κ1) is 16.4. The maximum Gasteiger partial charge on any atom is 0.338 e. The van der Waals surface area contributed by atoms with E-state index in [4.69, 9.17) is 16.3 Å². The van der Waals surface area contributed by atoms with Crippen molar-refractivity contribution in [2.75, 3.05) is 18.2 Å². The van der Waals surface area contributed by atoms with E-state index >= 15 is 0 Å². The number of esters is 1. The molecular weight excluding hydrogens is 322 g/mol. The topological polar surface area (TPSA) is 55.4 Å². The first-order chi connectivity index (χ1) is 10.6. The zero-order valence-electron chi connectivity index (χ0n) is 11.8. The highest BCUT2D eigenvalue weighted by Crippen LogP contribution is 2.24. The van der Waals surface area contributed by atoms with Gasteiger partial charge in [-0.3, -0.25) is 4.79 Å². The second kappa shape index (κ2) is 7.87. The fourth-order valence-corrected chi connectivity index (χ4v) is 2.51. The summed E-state index contributed by atoms with van der Waals surface area (Å²) in [6.45, 7) is -0.353. The molecule has 22 heavy (non-hydrogen) atoms. The van der Waals surface area contributed by atoms with Crippen LogP contribution in [0.2, 0.25) is 5.02 Å². The molecule has 0 atom stereocenters. The summed E-state index contributed by atoms with van der Waals surface area (Å²) in [6.07, 6.45) is 1.92. The van der Waals surface area contributed by atoms with Gasteiger partial charge in [0, 0.05) is 9.92 Å². The molecule has 114 valence electrons. The monoisotopic (exact) mass is 335 g/mol. The van der Waals surface area contributed by atoms with Crippen LogP contribution in [0.3, 0.4) is 0 Å². The van der Waals surface area contributed by atoms with Gasteiger partial charge < -0.3 is 10.1 Å². The predicted octanol–water partition coefficient (Wildman–Crippen LogP) is 3.86. The fourth-order valence-electron chi connectivity index (χ4n) is 1.76. The van der Waals surface area contributed by atoms with Crippen LogP contribution in [0.5, 0.6) is 0 Å². The van der Waals surface area contributed by atoms with Gasteiger partial charge in [-0.1, -0.05) is 29.8 Å². The summed E-state index contributed by atoms with van der Waals surface area (Å²) in [5.74, 6) is -0.979. The van der Waals surface area contributed by atoms with Crippen LogP contribution in [0, 0.1) is 0 Å². The number of carbonyl (C=O) groups excluding carboxylic acids is 2. The number of amides is 1. The van der Waals surface area contributed by atoms with Gasteiger partial charge >= 0.3 is 5.97 Å². The lowest BCUT2D eigenvalue weighted by atomic mass is 10.2. The van der Waals surface area contributed by atoms with Gasteiger partial charge in [-0.25, -0.2) is 4.79 Å². The Hall–Kier alpha value is -1.98. The second-order valence-electron chi connectivity index (χ2n) is 4.33. The predicted molar refractivity (Wildman–Crippen MR) is 88.6 cm³/mol. The van der Waals surface area contributed by atoms with Crippen molar-refractivity contribution in [3.8, 4) is 0 Å². The largest absolute Gasteiger partial charge is 0.452 e. The molecule has 1 N–H and O–H groups in total. The molecule has 0 bridgehead atoms. The molecule has 6 heteroatoms. The van der Waals surface area contributed by atoms with E-state index in [1.54, 1.807) is 24.3 Å². The summed E-state index contributed by atoms with van der Waals surface area (Å²) in [5, 5.41) is 3.15. The summed E-state index contributed by atoms with van der Waals surface area (Å²) in [7, 11) is 0. The molecule has 0 aliphatic carbocycles. The Balaban J connectivity index is 1.91. The van der Waals surface area contributed by atoms with E-state index in [-0.39, 0.29) is 6.61 Å². The summed E-state index contributed by atoms with van der Waals surface area (Å²) >= 11 is 7.33. The minimum Gasteiger partial charge on any atom is -0.452 e. The van der Waals surface area contributed by atoms with Gasteiger partial charge in [0.05, 0.1) is 11.3 Å². The number of nitrogens with one attached hydrogen (secondary N) is 1. The van der Waals surface area contributed by atoms with Gasteiger partial charge in [-0.2, -0.15) is 0 Å². The Kier molecular flexibility index (Phi) is 5.86. The Morgan fingerprint density at radius 2 is 1.95 bits per heavy atom. The minimum absolute atomic E-state index is 0.310. The first-order valence-electron chi connectivity index (χ1n) is 6.45. The van der Waals surface area contributed by atoms with Crippen LogP contribution >= 0.6 is 23.4 Å². The number of halogens is 1. The van der Waals surface area contributed by atoms with E-state index in [1.165, 1.54) is 17.8 Å². The second-order valence-corrected chi connectivity index (χ2v) is 5.62. The highest BCUT2D eigenvalue weighted by atomic mass is 35.5. The van der Waals surface area contributed by atoms with Crippen molar-refractivity contribution in [2.24, 2.45) is 0 Å². The van der Waals surface area contributed by atoms with Gasteiger partial charge in [0.15, 0.2) is 6.61 Å². The van der Waals surface area contributed by atoms with Crippen molar-refractivity contribution >= 4 is 40.9 Å². The Bertz CT molecular complexity index is 691. The molecule has 1 amide bonds. The van der Waals surface area contributed by atoms with Crippen molar-refractivity contribution in [1.29, 1.82) is 0 Å². The molecule has 0 aromatic heterocycles. The molecule has 2 rings (SSSR count). The quantitative estimate of drug-likeness (QED) is 0.666. The Labute approximate surface area is 137 Å². The van der Waals surface area contributed by atoms with Crippen LogP contribution in [0.4, 0.5) is 5.69 Å². The highest BCUT2D eigenvalue weighted by Gasteiger charge is 2.11. The summed E-state index contributed by atoms with van der Waals surface area (Å²) < 4.78 is 4.97. The molecule has 0 aliphatic heterocycles. The van der Waals surface area contributed by atoms with Gasteiger partial charge in [0.25, 0.3) is 5.91 Å². The number of carbonyl (C=O) groups is 2. The first-order valence-corrected chi connectivity index (χ1v) is 8.06. The summed E-state index contributed by atoms with van der Waals surface area (Å²) in [4.78, 5) is 24.6. The molecule has 4 nitrogen and oxygen atoms in total. The number of hydrogen-bond acceptors (Lipinski definition) is 4. The van der Waals surface area contributed by atoms with Gasteiger partial charge in [-0.15, -0.1) is 11.8 Å². The SMILES string of the molecule is CSc1ccccc1NC(=O)COC(=O)c1cccc(Cl)c1. The van der Waals surface area contributed by atoms with E-state index in [2.05, 4.69) is 5.32 Å². The molecule has 0 radical (unpaired) electrons. The maximum atomic E-state index is 11.9. The van der Waals surface area contributed by atoms with E-state index in [9.17, 15) is 9.59 Å². The Morgan fingerprint density at radius 3 is 2.68 bits per heavy atom. The number of para-hydroxylation sites is 1. The van der Waals surface area contributed by atoms with Crippen LogP contribution in [0.1, 0.15) is 10.4 Å². The van der Waals surface area contributed by atoms with Crippen molar-refractivity contribution in [3.63, 3.8) is 0 Å². The molecule has 0 saturated carbocycles. The normalized spacial score (nSPS) is 10.1. The third kappa shape index (κ3) is 4.51. The van der Waals surface area contributed by atoms with E-state index in [0.717, 1.165) is 4.90 Å². The van der Waals surface area contributed by atoms with Crippen LogP contribution in [0.25, 0.3) is 0 Å². The van der Waals surface area contributed by atoms with Gasteiger partial charge in [0.2, 0.25) is 0 Å². The average molecular weight is 336 g/mol. The van der Waals surface area contributed by atoms with Crippen LogP contribution in [-0.4, -0.2) is 24.7 Å². The smallest absolute Gasteiger partial charge is 0.338 e. The van der Waals surface area contributed by atoms with E-state index < -0.39 is 11.9 Å². The summed E-state index contributed by atoms with van der Waals surface area (Å²) in [5.41, 5.74) is 1.00. The highest BCUT2D eigenvalue weighted by molar-refractivity contribution is 7.98. The van der Waals surface area contributed by atoms with Crippen LogP contribution in [-0.2, 0) is 9.53 Å². The van der Waals surface area contributed by atoms with Gasteiger partial charge in [-0.05, 0) is 36.6 Å². The molecule has 0 saturated heterocycles. The lowest BCUT2D eigenvalue weighted by Crippen LogP contribution is -2.21. The van der Waals surface area contributed by atoms with E-state index in [0.29, 0.717) is 16.3 Å². The minimum atomic E-state index is -0.587. The standard InChI is InChI=1S/C16H14ClNO3S/c1-22-14-8-3-2-7-13(14)18-15(19)10-21-16(20)11-5-4-6-12(17)9-11/h2-9H,10H2,1H3,(H,18,19).